The average Bonchev–Trinajstić information content (AvgIpc) is 2.80. The molecule has 0 bridgehead atoms. The average molecular weight is 233 g/mol. The van der Waals surface area contributed by atoms with Crippen molar-refractivity contribution in [3.8, 4) is 0 Å². The fraction of sp³-hybridized carbons (Fsp3) is 0.500. The van der Waals surface area contributed by atoms with Gasteiger partial charge in [0.05, 0.1) is 6.10 Å². The summed E-state index contributed by atoms with van der Waals surface area (Å²) in [6, 6.07) is 6.01. The summed E-state index contributed by atoms with van der Waals surface area (Å²) in [6.07, 6.45) is 1.14. The second-order valence-corrected chi connectivity index (χ2v) is 4.72. The molecular weight excluding hydrogens is 214 g/mol. The van der Waals surface area contributed by atoms with Gasteiger partial charge in [-0.25, -0.2) is 0 Å². The maximum Gasteiger partial charge on any atom is 0.254 e. The van der Waals surface area contributed by atoms with Gasteiger partial charge in [0.15, 0.2) is 0 Å². The number of aryl methyl sites for hydroxylation is 2. The van der Waals surface area contributed by atoms with E-state index in [0.29, 0.717) is 6.54 Å². The Morgan fingerprint density at radius 3 is 2.82 bits per heavy atom. The number of hydrogen-bond acceptors (Lipinski definition) is 2. The van der Waals surface area contributed by atoms with Gasteiger partial charge in [0, 0.05) is 25.8 Å². The molecule has 0 aliphatic carbocycles. The fourth-order valence-electron chi connectivity index (χ4n) is 2.24. The van der Waals surface area contributed by atoms with Gasteiger partial charge >= 0.3 is 0 Å². The van der Waals surface area contributed by atoms with Gasteiger partial charge in [-0.3, -0.25) is 4.79 Å². The van der Waals surface area contributed by atoms with Gasteiger partial charge in [0.2, 0.25) is 0 Å². The molecule has 1 aliphatic heterocycles. The van der Waals surface area contributed by atoms with Gasteiger partial charge < -0.3 is 9.64 Å². The van der Waals surface area contributed by atoms with Gasteiger partial charge in [-0.2, -0.15) is 0 Å². The highest BCUT2D eigenvalue weighted by molar-refractivity contribution is 5.96. The molecule has 3 heteroatoms. The largest absolute Gasteiger partial charge is 0.380 e. The number of ether oxygens (including phenoxy) is 1. The first-order chi connectivity index (χ1) is 8.11. The number of carbonyl (C=O) groups is 1. The van der Waals surface area contributed by atoms with E-state index in [0.717, 1.165) is 29.7 Å². The SMILES string of the molecule is CO[C@H]1CCN(C(=O)c2cc(C)ccc2C)C1. The Bertz CT molecular complexity index is 428. The monoisotopic (exact) mass is 233 g/mol. The molecule has 0 radical (unpaired) electrons. The summed E-state index contributed by atoms with van der Waals surface area (Å²) < 4.78 is 5.29. The van der Waals surface area contributed by atoms with Crippen molar-refractivity contribution in [2.75, 3.05) is 20.2 Å². The number of methoxy groups -OCH3 is 1. The van der Waals surface area contributed by atoms with Crippen LogP contribution in [0.1, 0.15) is 27.9 Å². The second-order valence-electron chi connectivity index (χ2n) is 4.72. The molecule has 1 fully saturated rings. The van der Waals surface area contributed by atoms with E-state index in [1.807, 2.05) is 36.9 Å². The summed E-state index contributed by atoms with van der Waals surface area (Å²) in [4.78, 5) is 14.2. The molecule has 0 saturated carbocycles. The lowest BCUT2D eigenvalue weighted by atomic mass is 10.0. The van der Waals surface area contributed by atoms with Crippen LogP contribution in [0.4, 0.5) is 0 Å². The van der Waals surface area contributed by atoms with Gasteiger partial charge in [-0.15, -0.1) is 0 Å². The van der Waals surface area contributed by atoms with Crippen LogP contribution in [-0.4, -0.2) is 37.1 Å². The van der Waals surface area contributed by atoms with Crippen LogP contribution in [0.25, 0.3) is 0 Å². The number of amides is 1. The van der Waals surface area contributed by atoms with Gasteiger partial charge in [0.25, 0.3) is 5.91 Å². The van der Waals surface area contributed by atoms with E-state index in [9.17, 15) is 4.79 Å². The van der Waals surface area contributed by atoms with Crippen LogP contribution < -0.4 is 0 Å². The van der Waals surface area contributed by atoms with E-state index in [1.165, 1.54) is 0 Å². The Labute approximate surface area is 102 Å². The summed E-state index contributed by atoms with van der Waals surface area (Å²) in [5.41, 5.74) is 2.99. The van der Waals surface area contributed by atoms with Crippen LogP contribution in [0.2, 0.25) is 0 Å². The highest BCUT2D eigenvalue weighted by Crippen LogP contribution is 2.18. The minimum Gasteiger partial charge on any atom is -0.380 e. The lowest BCUT2D eigenvalue weighted by Crippen LogP contribution is -2.30. The number of likely N-dealkylation sites (tertiary alicyclic amines) is 1. The molecule has 1 aromatic carbocycles. The zero-order chi connectivity index (χ0) is 12.4. The van der Waals surface area contributed by atoms with Crippen molar-refractivity contribution in [2.45, 2.75) is 26.4 Å². The maximum atomic E-state index is 12.4. The highest BCUT2D eigenvalue weighted by atomic mass is 16.5. The first-order valence-electron chi connectivity index (χ1n) is 6.01. The van der Waals surface area contributed by atoms with Crippen LogP contribution in [0, 0.1) is 13.8 Å². The van der Waals surface area contributed by atoms with Crippen LogP contribution in [0.3, 0.4) is 0 Å². The molecule has 17 heavy (non-hydrogen) atoms. The zero-order valence-corrected chi connectivity index (χ0v) is 10.7. The third-order valence-corrected chi connectivity index (χ3v) is 3.39. The molecule has 3 nitrogen and oxygen atoms in total. The molecule has 1 atom stereocenters. The summed E-state index contributed by atoms with van der Waals surface area (Å²) in [7, 11) is 1.70. The van der Waals surface area contributed by atoms with Crippen molar-refractivity contribution in [3.05, 3.63) is 34.9 Å². The number of hydrogen-bond donors (Lipinski definition) is 0. The van der Waals surface area contributed by atoms with Crippen molar-refractivity contribution in [3.63, 3.8) is 0 Å². The molecule has 92 valence electrons. The minimum atomic E-state index is 0.130. The minimum absolute atomic E-state index is 0.130. The predicted molar refractivity (Wildman–Crippen MR) is 67.2 cm³/mol. The highest BCUT2D eigenvalue weighted by Gasteiger charge is 2.27. The third-order valence-electron chi connectivity index (χ3n) is 3.39. The van der Waals surface area contributed by atoms with Crippen LogP contribution in [0.5, 0.6) is 0 Å². The Morgan fingerprint density at radius 1 is 1.41 bits per heavy atom. The predicted octanol–water partition coefficient (Wildman–Crippen LogP) is 2.16. The van der Waals surface area contributed by atoms with Crippen LogP contribution >= 0.6 is 0 Å². The smallest absolute Gasteiger partial charge is 0.254 e. The molecule has 0 N–H and O–H groups in total. The van der Waals surface area contributed by atoms with E-state index >= 15 is 0 Å². The van der Waals surface area contributed by atoms with Crippen molar-refractivity contribution < 1.29 is 9.53 Å². The lowest BCUT2D eigenvalue weighted by Gasteiger charge is -2.17. The normalized spacial score (nSPS) is 19.7. The second kappa shape index (κ2) is 4.88. The molecule has 1 amide bonds. The molecule has 0 spiro atoms. The summed E-state index contributed by atoms with van der Waals surface area (Å²) >= 11 is 0. The summed E-state index contributed by atoms with van der Waals surface area (Å²) in [6.45, 7) is 5.50. The topological polar surface area (TPSA) is 29.5 Å². The van der Waals surface area contributed by atoms with E-state index in [2.05, 4.69) is 0 Å². The first-order valence-corrected chi connectivity index (χ1v) is 6.01. The molecule has 0 unspecified atom stereocenters. The molecule has 0 aromatic heterocycles. The molecule has 1 saturated heterocycles. The Kier molecular flexibility index (Phi) is 3.48. The zero-order valence-electron chi connectivity index (χ0n) is 10.7. The third kappa shape index (κ3) is 2.50. The van der Waals surface area contributed by atoms with E-state index in [4.69, 9.17) is 4.74 Å². The van der Waals surface area contributed by atoms with Crippen molar-refractivity contribution in [1.29, 1.82) is 0 Å². The number of carbonyl (C=O) groups excluding carboxylic acids is 1. The summed E-state index contributed by atoms with van der Waals surface area (Å²) in [5.74, 6) is 0.130. The number of benzene rings is 1. The van der Waals surface area contributed by atoms with E-state index < -0.39 is 0 Å². The van der Waals surface area contributed by atoms with Crippen LogP contribution in [-0.2, 0) is 4.74 Å². The molecule has 2 rings (SSSR count). The summed E-state index contributed by atoms with van der Waals surface area (Å²) in [5, 5.41) is 0. The standard InChI is InChI=1S/C14H19NO2/c1-10-4-5-11(2)13(8-10)14(16)15-7-6-12(9-15)17-3/h4-5,8,12H,6-7,9H2,1-3H3/t12-/m0/s1. The fourth-order valence-corrected chi connectivity index (χ4v) is 2.24. The number of rotatable bonds is 2. The van der Waals surface area contributed by atoms with Crippen molar-refractivity contribution >= 4 is 5.91 Å². The van der Waals surface area contributed by atoms with Crippen molar-refractivity contribution in [1.82, 2.24) is 4.90 Å². The van der Waals surface area contributed by atoms with Crippen molar-refractivity contribution in [2.24, 2.45) is 0 Å². The Morgan fingerprint density at radius 2 is 2.18 bits per heavy atom. The Balaban J connectivity index is 2.17. The van der Waals surface area contributed by atoms with E-state index in [1.54, 1.807) is 7.11 Å². The van der Waals surface area contributed by atoms with Crippen LogP contribution in [0.15, 0.2) is 18.2 Å². The first kappa shape index (κ1) is 12.1. The maximum absolute atomic E-state index is 12.4. The number of nitrogens with zero attached hydrogens (tertiary/aromatic N) is 1. The van der Waals surface area contributed by atoms with Gasteiger partial charge in [-0.1, -0.05) is 17.7 Å². The molecule has 1 aromatic rings. The van der Waals surface area contributed by atoms with Gasteiger partial charge in [0.1, 0.15) is 0 Å². The quantitative estimate of drug-likeness (QED) is 0.783. The van der Waals surface area contributed by atoms with E-state index in [-0.39, 0.29) is 12.0 Å². The molecule has 1 heterocycles. The lowest BCUT2D eigenvalue weighted by molar-refractivity contribution is 0.0723. The molecular formula is C14H19NO2. The molecule has 1 aliphatic rings. The Hall–Kier alpha value is -1.35. The van der Waals surface area contributed by atoms with Gasteiger partial charge in [-0.05, 0) is 31.9 Å².